The number of ether oxygens (including phenoxy) is 1. The Hall–Kier alpha value is -1.86. The molecule has 1 aliphatic rings. The lowest BCUT2D eigenvalue weighted by Crippen LogP contribution is -2.34. The molecule has 0 saturated carbocycles. The second kappa shape index (κ2) is 12.7. The first kappa shape index (κ1) is 26.7. The maximum absolute atomic E-state index is 12.9. The van der Waals surface area contributed by atoms with Gasteiger partial charge >= 0.3 is 5.97 Å². The van der Waals surface area contributed by atoms with E-state index in [1.165, 1.54) is 5.56 Å². The number of halogens is 2. The minimum atomic E-state index is -0.639. The third-order valence-corrected chi connectivity index (χ3v) is 7.19. The molecule has 3 rings (SSSR count). The van der Waals surface area contributed by atoms with Gasteiger partial charge in [-0.05, 0) is 58.0 Å². The number of thioether (sulfide) groups is 1. The SMILES string of the molecule is CC1=NC(SCCCN(C)Cc2ccccc2)=NC(c2cccc(Cl)c2Cl)C1C(=O)OC(C)C. The van der Waals surface area contributed by atoms with Gasteiger partial charge in [0.25, 0.3) is 0 Å². The van der Waals surface area contributed by atoms with Gasteiger partial charge < -0.3 is 9.64 Å². The number of hydrogen-bond donors (Lipinski definition) is 0. The Morgan fingerprint density at radius 2 is 1.88 bits per heavy atom. The predicted molar refractivity (Wildman–Crippen MR) is 144 cm³/mol. The molecule has 0 N–H and O–H groups in total. The second-order valence-corrected chi connectivity index (χ2v) is 10.5. The fraction of sp³-hybridized carbons (Fsp3) is 0.423. The molecule has 8 heteroatoms. The van der Waals surface area contributed by atoms with E-state index < -0.39 is 12.0 Å². The molecule has 2 unspecified atom stereocenters. The number of rotatable bonds is 9. The van der Waals surface area contributed by atoms with Crippen molar-refractivity contribution in [3.05, 3.63) is 69.7 Å². The van der Waals surface area contributed by atoms with Crippen molar-refractivity contribution in [2.24, 2.45) is 15.9 Å². The third-order valence-electron chi connectivity index (χ3n) is 5.40. The van der Waals surface area contributed by atoms with E-state index in [0.29, 0.717) is 26.5 Å². The number of benzene rings is 2. The van der Waals surface area contributed by atoms with E-state index in [1.54, 1.807) is 17.8 Å². The average Bonchev–Trinajstić information content (AvgIpc) is 2.78. The second-order valence-electron chi connectivity index (χ2n) is 8.64. The summed E-state index contributed by atoms with van der Waals surface area (Å²) in [5.41, 5.74) is 2.68. The summed E-state index contributed by atoms with van der Waals surface area (Å²) in [6, 6.07) is 15.3. The summed E-state index contributed by atoms with van der Waals surface area (Å²) in [4.78, 5) is 24.7. The molecule has 182 valence electrons. The van der Waals surface area contributed by atoms with E-state index in [2.05, 4.69) is 41.2 Å². The van der Waals surface area contributed by atoms with Crippen LogP contribution in [0.5, 0.6) is 0 Å². The summed E-state index contributed by atoms with van der Waals surface area (Å²) < 4.78 is 5.51. The maximum Gasteiger partial charge on any atom is 0.317 e. The van der Waals surface area contributed by atoms with Crippen LogP contribution in [0.3, 0.4) is 0 Å². The van der Waals surface area contributed by atoms with Crippen LogP contribution < -0.4 is 0 Å². The molecule has 0 bridgehead atoms. The fourth-order valence-corrected chi connectivity index (χ4v) is 5.09. The lowest BCUT2D eigenvalue weighted by Gasteiger charge is -2.28. The standard InChI is InChI=1S/C26H31Cl2N3O2S/c1-17(2)33-25(32)22-18(3)29-26(30-24(22)20-12-8-13-21(27)23(20)28)34-15-9-14-31(4)16-19-10-6-5-7-11-19/h5-8,10-13,17,22,24H,9,14-16H2,1-4H3. The van der Waals surface area contributed by atoms with Crippen molar-refractivity contribution in [3.8, 4) is 0 Å². The molecule has 2 aromatic carbocycles. The highest BCUT2D eigenvalue weighted by atomic mass is 35.5. The van der Waals surface area contributed by atoms with Crippen molar-refractivity contribution in [2.45, 2.75) is 45.9 Å². The molecule has 34 heavy (non-hydrogen) atoms. The van der Waals surface area contributed by atoms with E-state index in [1.807, 2.05) is 39.0 Å². The van der Waals surface area contributed by atoms with Crippen molar-refractivity contribution in [1.82, 2.24) is 4.90 Å². The van der Waals surface area contributed by atoms with E-state index in [9.17, 15) is 4.79 Å². The lowest BCUT2D eigenvalue weighted by atomic mass is 9.89. The topological polar surface area (TPSA) is 54.3 Å². The third kappa shape index (κ3) is 7.32. The Morgan fingerprint density at radius 3 is 2.59 bits per heavy atom. The van der Waals surface area contributed by atoms with Crippen LogP contribution in [0.15, 0.2) is 58.5 Å². The van der Waals surface area contributed by atoms with Crippen LogP contribution in [0, 0.1) is 5.92 Å². The van der Waals surface area contributed by atoms with Gasteiger partial charge in [-0.3, -0.25) is 9.79 Å². The molecule has 2 aromatic rings. The minimum Gasteiger partial charge on any atom is -0.462 e. The number of amidine groups is 1. The van der Waals surface area contributed by atoms with Crippen molar-refractivity contribution in [2.75, 3.05) is 19.3 Å². The molecule has 0 amide bonds. The minimum absolute atomic E-state index is 0.233. The summed E-state index contributed by atoms with van der Waals surface area (Å²) in [5, 5.41) is 1.49. The van der Waals surface area contributed by atoms with E-state index in [-0.39, 0.29) is 12.1 Å². The van der Waals surface area contributed by atoms with Gasteiger partial charge in [-0.25, -0.2) is 4.99 Å². The molecule has 5 nitrogen and oxygen atoms in total. The fourth-order valence-electron chi connectivity index (χ4n) is 3.82. The molecule has 2 atom stereocenters. The van der Waals surface area contributed by atoms with Gasteiger partial charge in [0.1, 0.15) is 5.92 Å². The zero-order valence-electron chi connectivity index (χ0n) is 20.0. The Kier molecular flexibility index (Phi) is 10.0. The molecular formula is C26H31Cl2N3O2S. The monoisotopic (exact) mass is 519 g/mol. The number of carbonyl (C=O) groups is 1. The highest BCUT2D eigenvalue weighted by molar-refractivity contribution is 8.13. The summed E-state index contributed by atoms with van der Waals surface area (Å²) in [5.74, 6) is -0.126. The van der Waals surface area contributed by atoms with Crippen LogP contribution in [0.4, 0.5) is 0 Å². The molecule has 1 heterocycles. The van der Waals surface area contributed by atoms with Crippen molar-refractivity contribution < 1.29 is 9.53 Å². The zero-order chi connectivity index (χ0) is 24.7. The summed E-state index contributed by atoms with van der Waals surface area (Å²) >= 11 is 14.4. The lowest BCUT2D eigenvalue weighted by molar-refractivity contribution is -0.150. The van der Waals surface area contributed by atoms with Gasteiger partial charge in [-0.2, -0.15) is 0 Å². The number of esters is 1. The first-order valence-corrected chi connectivity index (χ1v) is 13.1. The van der Waals surface area contributed by atoms with Crippen LogP contribution in [0.25, 0.3) is 0 Å². The quantitative estimate of drug-likeness (QED) is 0.273. The summed E-state index contributed by atoms with van der Waals surface area (Å²) in [7, 11) is 2.13. The van der Waals surface area contributed by atoms with E-state index in [0.717, 1.165) is 25.3 Å². The van der Waals surface area contributed by atoms with Crippen LogP contribution in [-0.2, 0) is 16.1 Å². The molecule has 0 radical (unpaired) electrons. The van der Waals surface area contributed by atoms with Crippen LogP contribution in [0.2, 0.25) is 10.0 Å². The summed E-state index contributed by atoms with van der Waals surface area (Å²) in [6.07, 6.45) is 0.756. The maximum atomic E-state index is 12.9. The molecule has 0 aromatic heterocycles. The Bertz CT molecular complexity index is 1040. The summed E-state index contributed by atoms with van der Waals surface area (Å²) in [6.45, 7) is 7.38. The molecule has 0 spiro atoms. The van der Waals surface area contributed by atoms with Gasteiger partial charge in [-0.15, -0.1) is 0 Å². The van der Waals surface area contributed by atoms with Crippen molar-refractivity contribution in [3.63, 3.8) is 0 Å². The average molecular weight is 521 g/mol. The van der Waals surface area contributed by atoms with Crippen LogP contribution in [0.1, 0.15) is 44.4 Å². The number of carbonyl (C=O) groups excluding carboxylic acids is 1. The van der Waals surface area contributed by atoms with E-state index in [4.69, 9.17) is 32.9 Å². The van der Waals surface area contributed by atoms with Gasteiger partial charge in [0.05, 0.1) is 22.2 Å². The normalized spacial score (nSPS) is 18.1. The predicted octanol–water partition coefficient (Wildman–Crippen LogP) is 6.69. The van der Waals surface area contributed by atoms with Gasteiger partial charge in [-0.1, -0.05) is 77.4 Å². The first-order valence-electron chi connectivity index (χ1n) is 11.4. The first-order chi connectivity index (χ1) is 16.3. The van der Waals surface area contributed by atoms with Crippen LogP contribution in [-0.4, -0.2) is 47.2 Å². The number of hydrogen-bond acceptors (Lipinski definition) is 6. The van der Waals surface area contributed by atoms with Crippen LogP contribution >= 0.6 is 35.0 Å². The molecule has 0 aliphatic carbocycles. The molecule has 0 fully saturated rings. The molecule has 1 aliphatic heterocycles. The highest BCUT2D eigenvalue weighted by Crippen LogP contribution is 2.39. The largest absolute Gasteiger partial charge is 0.462 e. The number of nitrogens with zero attached hydrogens (tertiary/aromatic N) is 3. The van der Waals surface area contributed by atoms with Crippen molar-refractivity contribution >= 4 is 51.8 Å². The number of aliphatic imine (C=N–C) groups is 2. The van der Waals surface area contributed by atoms with Gasteiger partial charge in [0.2, 0.25) is 0 Å². The van der Waals surface area contributed by atoms with Crippen molar-refractivity contribution in [1.29, 1.82) is 0 Å². The highest BCUT2D eigenvalue weighted by Gasteiger charge is 2.38. The Labute approximate surface area is 216 Å². The Balaban J connectivity index is 1.69. The molecule has 0 saturated heterocycles. The zero-order valence-corrected chi connectivity index (χ0v) is 22.3. The van der Waals surface area contributed by atoms with E-state index >= 15 is 0 Å². The van der Waals surface area contributed by atoms with Gasteiger partial charge in [0, 0.05) is 18.0 Å². The Morgan fingerprint density at radius 1 is 1.15 bits per heavy atom. The smallest absolute Gasteiger partial charge is 0.317 e. The molecular weight excluding hydrogens is 489 g/mol. The van der Waals surface area contributed by atoms with Gasteiger partial charge in [0.15, 0.2) is 5.17 Å².